The Bertz CT molecular complexity index is 319. The number of aromatic amines is 1. The molecule has 0 spiro atoms. The fraction of sp³-hybridized carbons (Fsp3) is 0. The Morgan fingerprint density at radius 2 is 2.45 bits per heavy atom. The summed E-state index contributed by atoms with van der Waals surface area (Å²) in [5.74, 6) is 0.109. The minimum atomic E-state index is -1.23. The molecule has 6 nitrogen and oxygen atoms in total. The van der Waals surface area contributed by atoms with Gasteiger partial charge in [-0.15, -0.1) is 0 Å². The molecule has 0 aliphatic heterocycles. The predicted molar refractivity (Wildman–Crippen MR) is 36.5 cm³/mol. The van der Waals surface area contributed by atoms with E-state index >= 15 is 0 Å². The lowest BCUT2D eigenvalue weighted by Crippen LogP contribution is -2.15. The number of nitrogens with one attached hydrogen (secondary N) is 2. The van der Waals surface area contributed by atoms with Crippen molar-refractivity contribution in [2.75, 3.05) is 5.32 Å². The van der Waals surface area contributed by atoms with Crippen LogP contribution in [0.3, 0.4) is 0 Å². The summed E-state index contributed by atoms with van der Waals surface area (Å²) in [6.45, 7) is 0. The minimum absolute atomic E-state index is 0.109. The highest BCUT2D eigenvalue weighted by Crippen LogP contribution is 1.93. The van der Waals surface area contributed by atoms with Crippen LogP contribution in [0.25, 0.3) is 0 Å². The van der Waals surface area contributed by atoms with Crippen LogP contribution in [0, 0.1) is 0 Å². The van der Waals surface area contributed by atoms with E-state index in [0.717, 1.165) is 0 Å². The fourth-order valence-corrected chi connectivity index (χ4v) is 0.557. The molecule has 1 heterocycles. The van der Waals surface area contributed by atoms with Gasteiger partial charge >= 0.3 is 11.8 Å². The lowest BCUT2D eigenvalue weighted by atomic mass is 10.6. The summed E-state index contributed by atoms with van der Waals surface area (Å²) in [7, 11) is 0. The molecule has 1 aromatic rings. The first-order chi connectivity index (χ1) is 5.18. The zero-order valence-corrected chi connectivity index (χ0v) is 5.37. The number of amides is 1. The summed E-state index contributed by atoms with van der Waals surface area (Å²) >= 11 is 0. The molecule has 1 rings (SSSR count). The van der Waals surface area contributed by atoms with Crippen molar-refractivity contribution in [1.29, 1.82) is 0 Å². The lowest BCUT2D eigenvalue weighted by molar-refractivity contribution is 0.209. The molecule has 0 bridgehead atoms. The topological polar surface area (TPSA) is 95.1 Å². The van der Waals surface area contributed by atoms with E-state index in [4.69, 9.17) is 5.11 Å². The van der Waals surface area contributed by atoms with E-state index in [1.807, 2.05) is 5.32 Å². The molecule has 6 heteroatoms. The van der Waals surface area contributed by atoms with E-state index in [-0.39, 0.29) is 5.82 Å². The molecule has 0 atom stereocenters. The van der Waals surface area contributed by atoms with E-state index in [9.17, 15) is 9.59 Å². The Balaban J connectivity index is 2.88. The zero-order valence-electron chi connectivity index (χ0n) is 5.37. The summed E-state index contributed by atoms with van der Waals surface area (Å²) < 4.78 is 0. The van der Waals surface area contributed by atoms with Crippen LogP contribution >= 0.6 is 0 Å². The second-order valence-corrected chi connectivity index (χ2v) is 1.72. The molecular formula is C5H5N3O3. The molecule has 58 valence electrons. The lowest BCUT2D eigenvalue weighted by Gasteiger charge is -1.96. The highest BCUT2D eigenvalue weighted by Gasteiger charge is 1.96. The van der Waals surface area contributed by atoms with Gasteiger partial charge in [-0.25, -0.2) is 14.6 Å². The Kier molecular flexibility index (Phi) is 1.86. The SMILES string of the molecule is O=C(O)Nc1ccnc(=O)[nH]1. The number of H-pyrrole nitrogens is 1. The van der Waals surface area contributed by atoms with Crippen LogP contribution in [0.1, 0.15) is 0 Å². The second-order valence-electron chi connectivity index (χ2n) is 1.72. The first-order valence-corrected chi connectivity index (χ1v) is 2.74. The monoisotopic (exact) mass is 155 g/mol. The predicted octanol–water partition coefficient (Wildman–Crippen LogP) is -0.140. The van der Waals surface area contributed by atoms with Gasteiger partial charge in [-0.05, 0) is 6.07 Å². The molecule has 1 amide bonds. The molecule has 3 N–H and O–H groups in total. The van der Waals surface area contributed by atoms with Gasteiger partial charge in [-0.3, -0.25) is 10.3 Å². The standard InChI is InChI=1S/C5H5N3O3/c9-4-6-2-1-3(7-4)8-5(10)11/h1-2H,(H,10,11)(H2,6,7,8,9). The van der Waals surface area contributed by atoms with Gasteiger partial charge in [0.25, 0.3) is 0 Å². The van der Waals surface area contributed by atoms with Crippen molar-refractivity contribution < 1.29 is 9.90 Å². The molecule has 0 saturated carbocycles. The highest BCUT2D eigenvalue weighted by molar-refractivity contribution is 5.81. The van der Waals surface area contributed by atoms with Crippen molar-refractivity contribution in [2.45, 2.75) is 0 Å². The molecular weight excluding hydrogens is 150 g/mol. The Labute approximate surface area is 60.9 Å². The van der Waals surface area contributed by atoms with Gasteiger partial charge in [0.05, 0.1) is 0 Å². The molecule has 0 aliphatic carbocycles. The number of carbonyl (C=O) groups is 1. The average molecular weight is 155 g/mol. The van der Waals surface area contributed by atoms with Gasteiger partial charge in [-0.2, -0.15) is 0 Å². The van der Waals surface area contributed by atoms with Crippen LogP contribution in [0.5, 0.6) is 0 Å². The number of rotatable bonds is 1. The van der Waals surface area contributed by atoms with Gasteiger partial charge in [0.15, 0.2) is 0 Å². The van der Waals surface area contributed by atoms with Gasteiger partial charge in [-0.1, -0.05) is 0 Å². The molecule has 0 radical (unpaired) electrons. The molecule has 0 aromatic carbocycles. The molecule has 0 fully saturated rings. The smallest absolute Gasteiger partial charge is 0.410 e. The van der Waals surface area contributed by atoms with E-state index in [0.29, 0.717) is 0 Å². The van der Waals surface area contributed by atoms with Gasteiger partial charge < -0.3 is 5.11 Å². The number of anilines is 1. The van der Waals surface area contributed by atoms with Gasteiger partial charge in [0, 0.05) is 6.20 Å². The number of aromatic nitrogens is 2. The normalized spacial score (nSPS) is 9.09. The summed E-state index contributed by atoms with van der Waals surface area (Å²) in [6.07, 6.45) is -0.0174. The summed E-state index contributed by atoms with van der Waals surface area (Å²) in [5.41, 5.74) is -0.587. The maximum absolute atomic E-state index is 10.5. The number of nitrogens with zero attached hydrogens (tertiary/aromatic N) is 1. The van der Waals surface area contributed by atoms with Crippen molar-refractivity contribution in [3.05, 3.63) is 22.7 Å². The largest absolute Gasteiger partial charge is 0.465 e. The molecule has 0 aliphatic rings. The van der Waals surface area contributed by atoms with Crippen LogP contribution in [0.4, 0.5) is 10.6 Å². The van der Waals surface area contributed by atoms with Crippen molar-refractivity contribution >= 4 is 11.9 Å². The third kappa shape index (κ3) is 2.09. The fourth-order valence-electron chi connectivity index (χ4n) is 0.557. The van der Waals surface area contributed by atoms with Crippen LogP contribution < -0.4 is 11.0 Å². The zero-order chi connectivity index (χ0) is 8.27. The van der Waals surface area contributed by atoms with Crippen LogP contribution in [0.15, 0.2) is 17.1 Å². The maximum atomic E-state index is 10.5. The van der Waals surface area contributed by atoms with E-state index in [1.54, 1.807) is 0 Å². The van der Waals surface area contributed by atoms with Crippen LogP contribution in [-0.2, 0) is 0 Å². The van der Waals surface area contributed by atoms with Gasteiger partial charge in [0.2, 0.25) is 0 Å². The summed E-state index contributed by atoms with van der Waals surface area (Å²) in [4.78, 5) is 26.0. The van der Waals surface area contributed by atoms with E-state index in [2.05, 4.69) is 9.97 Å². The maximum Gasteiger partial charge on any atom is 0.410 e. The highest BCUT2D eigenvalue weighted by atomic mass is 16.4. The summed E-state index contributed by atoms with van der Waals surface area (Å²) in [6, 6.07) is 1.34. The minimum Gasteiger partial charge on any atom is -0.465 e. The van der Waals surface area contributed by atoms with Crippen molar-refractivity contribution in [2.24, 2.45) is 0 Å². The first-order valence-electron chi connectivity index (χ1n) is 2.74. The average Bonchev–Trinajstić information content (AvgIpc) is 1.85. The third-order valence-electron chi connectivity index (χ3n) is 0.916. The Morgan fingerprint density at radius 3 is 3.00 bits per heavy atom. The first kappa shape index (κ1) is 7.26. The summed E-state index contributed by atoms with van der Waals surface area (Å²) in [5, 5.41) is 10.2. The number of hydrogen-bond donors (Lipinski definition) is 3. The third-order valence-corrected chi connectivity index (χ3v) is 0.916. The van der Waals surface area contributed by atoms with Crippen molar-refractivity contribution in [3.8, 4) is 0 Å². The molecule has 1 aromatic heterocycles. The Hall–Kier alpha value is -1.85. The molecule has 0 saturated heterocycles. The van der Waals surface area contributed by atoms with Crippen LogP contribution in [-0.4, -0.2) is 21.2 Å². The van der Waals surface area contributed by atoms with E-state index < -0.39 is 11.8 Å². The van der Waals surface area contributed by atoms with Crippen molar-refractivity contribution in [3.63, 3.8) is 0 Å². The quantitative estimate of drug-likeness (QED) is 0.526. The number of carboxylic acid groups (broad SMARTS) is 1. The molecule has 11 heavy (non-hydrogen) atoms. The van der Waals surface area contributed by atoms with E-state index in [1.165, 1.54) is 12.3 Å². The molecule has 0 unspecified atom stereocenters. The second kappa shape index (κ2) is 2.82. The van der Waals surface area contributed by atoms with Crippen molar-refractivity contribution in [1.82, 2.24) is 9.97 Å². The van der Waals surface area contributed by atoms with Crippen LogP contribution in [0.2, 0.25) is 0 Å². The van der Waals surface area contributed by atoms with Gasteiger partial charge in [0.1, 0.15) is 5.82 Å². The number of hydrogen-bond acceptors (Lipinski definition) is 3. The Morgan fingerprint density at radius 1 is 1.73 bits per heavy atom.